The van der Waals surface area contributed by atoms with E-state index in [1.165, 1.54) is 0 Å². The summed E-state index contributed by atoms with van der Waals surface area (Å²) in [5, 5.41) is 4.47. The molecule has 0 N–H and O–H groups in total. The zero-order valence-corrected chi connectivity index (χ0v) is 16.4. The topological polar surface area (TPSA) is 38.1 Å². The van der Waals surface area contributed by atoms with Gasteiger partial charge < -0.3 is 4.90 Å². The molecule has 0 aliphatic heterocycles. The first kappa shape index (κ1) is 21.0. The predicted molar refractivity (Wildman–Crippen MR) is 98.8 cm³/mol. The minimum Gasteiger partial charge on any atom is -0.333 e. The molecule has 0 unspecified atom stereocenters. The lowest BCUT2D eigenvalue weighted by atomic mass is 9.95. The standard InChI is InChI=1S/C20H26F3N3O/c1-14-17(15(2)26(24-14)16-9-7-6-8-10-16)11-18(27)25(12-19(3,4)5)13-20(21,22)23/h6-10H,11-13H2,1-5H3. The van der Waals surface area contributed by atoms with E-state index in [4.69, 9.17) is 0 Å². The molecule has 0 saturated heterocycles. The second-order valence-electron chi connectivity index (χ2n) is 8.00. The van der Waals surface area contributed by atoms with Crippen LogP contribution in [0.25, 0.3) is 5.69 Å². The number of para-hydroxylation sites is 1. The van der Waals surface area contributed by atoms with Gasteiger partial charge in [-0.1, -0.05) is 39.0 Å². The molecule has 0 spiro atoms. The van der Waals surface area contributed by atoms with Gasteiger partial charge in [-0.15, -0.1) is 0 Å². The number of halogens is 3. The predicted octanol–water partition coefficient (Wildman–Crippen LogP) is 4.47. The van der Waals surface area contributed by atoms with E-state index in [-0.39, 0.29) is 13.0 Å². The minimum atomic E-state index is -4.43. The van der Waals surface area contributed by atoms with Gasteiger partial charge in [-0.3, -0.25) is 4.79 Å². The second-order valence-corrected chi connectivity index (χ2v) is 8.00. The first-order valence-corrected chi connectivity index (χ1v) is 8.82. The van der Waals surface area contributed by atoms with E-state index in [0.717, 1.165) is 16.3 Å². The monoisotopic (exact) mass is 381 g/mol. The van der Waals surface area contributed by atoms with Crippen molar-refractivity contribution in [2.75, 3.05) is 13.1 Å². The molecule has 0 aliphatic carbocycles. The van der Waals surface area contributed by atoms with Crippen LogP contribution in [0.5, 0.6) is 0 Å². The van der Waals surface area contributed by atoms with Crippen molar-refractivity contribution in [3.63, 3.8) is 0 Å². The molecule has 1 amide bonds. The van der Waals surface area contributed by atoms with Crippen LogP contribution < -0.4 is 0 Å². The average molecular weight is 381 g/mol. The number of carbonyl (C=O) groups excluding carboxylic acids is 1. The van der Waals surface area contributed by atoms with E-state index in [1.54, 1.807) is 11.6 Å². The number of hydrogen-bond donors (Lipinski definition) is 0. The van der Waals surface area contributed by atoms with Crippen molar-refractivity contribution in [3.05, 3.63) is 47.3 Å². The second kappa shape index (κ2) is 7.74. The van der Waals surface area contributed by atoms with Gasteiger partial charge in [0.1, 0.15) is 6.54 Å². The van der Waals surface area contributed by atoms with Crippen molar-refractivity contribution in [1.29, 1.82) is 0 Å². The number of benzene rings is 1. The fourth-order valence-electron chi connectivity index (χ4n) is 3.04. The number of rotatable bonds is 5. The Bertz CT molecular complexity index is 773. The summed E-state index contributed by atoms with van der Waals surface area (Å²) in [6.07, 6.45) is -4.53. The quantitative estimate of drug-likeness (QED) is 0.767. The molecule has 148 valence electrons. The Hall–Kier alpha value is -2.31. The van der Waals surface area contributed by atoms with Crippen LogP contribution in [0.15, 0.2) is 30.3 Å². The Morgan fingerprint density at radius 3 is 2.19 bits per heavy atom. The summed E-state index contributed by atoms with van der Waals surface area (Å²) < 4.78 is 40.6. The first-order chi connectivity index (χ1) is 12.4. The van der Waals surface area contributed by atoms with Crippen LogP contribution in [0, 0.1) is 19.3 Å². The van der Waals surface area contributed by atoms with Gasteiger partial charge in [-0.05, 0) is 31.4 Å². The smallest absolute Gasteiger partial charge is 0.333 e. The van der Waals surface area contributed by atoms with Gasteiger partial charge in [-0.25, -0.2) is 4.68 Å². The van der Waals surface area contributed by atoms with Crippen LogP contribution in [0.1, 0.15) is 37.7 Å². The summed E-state index contributed by atoms with van der Waals surface area (Å²) in [6.45, 7) is 7.83. The normalized spacial score (nSPS) is 12.3. The number of alkyl halides is 3. The van der Waals surface area contributed by atoms with E-state index in [2.05, 4.69) is 5.10 Å². The maximum absolute atomic E-state index is 13.0. The molecule has 7 heteroatoms. The van der Waals surface area contributed by atoms with Crippen molar-refractivity contribution in [2.45, 2.75) is 47.2 Å². The maximum atomic E-state index is 13.0. The lowest BCUT2D eigenvalue weighted by Crippen LogP contribution is -2.44. The van der Waals surface area contributed by atoms with Gasteiger partial charge >= 0.3 is 6.18 Å². The van der Waals surface area contributed by atoms with Crippen LogP contribution in [-0.4, -0.2) is 39.9 Å². The number of nitrogens with zero attached hydrogens (tertiary/aromatic N) is 3. The maximum Gasteiger partial charge on any atom is 0.406 e. The minimum absolute atomic E-state index is 0.0380. The lowest BCUT2D eigenvalue weighted by molar-refractivity contribution is -0.163. The third-order valence-corrected chi connectivity index (χ3v) is 4.16. The molecule has 1 heterocycles. The molecule has 27 heavy (non-hydrogen) atoms. The molecule has 2 aromatic rings. The van der Waals surface area contributed by atoms with E-state index in [1.807, 2.05) is 58.0 Å². The summed E-state index contributed by atoms with van der Waals surface area (Å²) in [5.74, 6) is -0.541. The Morgan fingerprint density at radius 1 is 1.07 bits per heavy atom. The van der Waals surface area contributed by atoms with E-state index < -0.39 is 24.0 Å². The highest BCUT2D eigenvalue weighted by Gasteiger charge is 2.35. The molecular weight excluding hydrogens is 355 g/mol. The van der Waals surface area contributed by atoms with Crippen LogP contribution in [-0.2, 0) is 11.2 Å². The third-order valence-electron chi connectivity index (χ3n) is 4.16. The van der Waals surface area contributed by atoms with Crippen molar-refractivity contribution in [1.82, 2.24) is 14.7 Å². The number of hydrogen-bond acceptors (Lipinski definition) is 2. The van der Waals surface area contributed by atoms with Crippen molar-refractivity contribution < 1.29 is 18.0 Å². The number of amides is 1. The largest absolute Gasteiger partial charge is 0.406 e. The zero-order chi connectivity index (χ0) is 20.4. The molecule has 2 rings (SSSR count). The molecule has 0 aliphatic rings. The number of aryl methyl sites for hydroxylation is 1. The van der Waals surface area contributed by atoms with E-state index in [0.29, 0.717) is 11.3 Å². The molecule has 4 nitrogen and oxygen atoms in total. The average Bonchev–Trinajstić information content (AvgIpc) is 2.80. The van der Waals surface area contributed by atoms with Gasteiger partial charge in [0, 0.05) is 17.8 Å². The molecule has 0 atom stereocenters. The highest BCUT2D eigenvalue weighted by molar-refractivity contribution is 5.79. The molecular formula is C20H26F3N3O. The highest BCUT2D eigenvalue weighted by Crippen LogP contribution is 2.24. The fourth-order valence-corrected chi connectivity index (χ4v) is 3.04. The molecule has 0 bridgehead atoms. The van der Waals surface area contributed by atoms with Crippen molar-refractivity contribution >= 4 is 5.91 Å². The molecule has 0 saturated carbocycles. The summed E-state index contributed by atoms with van der Waals surface area (Å²) >= 11 is 0. The van der Waals surface area contributed by atoms with E-state index in [9.17, 15) is 18.0 Å². The fraction of sp³-hybridized carbons (Fsp3) is 0.500. The van der Waals surface area contributed by atoms with Crippen LogP contribution in [0.2, 0.25) is 0 Å². The van der Waals surface area contributed by atoms with Crippen molar-refractivity contribution in [2.24, 2.45) is 5.41 Å². The molecule has 0 radical (unpaired) electrons. The van der Waals surface area contributed by atoms with Crippen LogP contribution >= 0.6 is 0 Å². The SMILES string of the molecule is Cc1nn(-c2ccccc2)c(C)c1CC(=O)N(CC(C)(C)C)CC(F)(F)F. The van der Waals surface area contributed by atoms with E-state index >= 15 is 0 Å². The van der Waals surface area contributed by atoms with Gasteiger partial charge in [0.15, 0.2) is 0 Å². The Labute approximate surface area is 158 Å². The van der Waals surface area contributed by atoms with Crippen molar-refractivity contribution in [3.8, 4) is 5.69 Å². The van der Waals surface area contributed by atoms with Crippen LogP contribution in [0.4, 0.5) is 13.2 Å². The molecule has 1 aromatic heterocycles. The zero-order valence-electron chi connectivity index (χ0n) is 16.4. The summed E-state index contributed by atoms with van der Waals surface area (Å²) in [4.78, 5) is 13.6. The lowest BCUT2D eigenvalue weighted by Gasteiger charge is -2.30. The first-order valence-electron chi connectivity index (χ1n) is 8.82. The van der Waals surface area contributed by atoms with Crippen LogP contribution in [0.3, 0.4) is 0 Å². The third kappa shape index (κ3) is 5.84. The van der Waals surface area contributed by atoms with Gasteiger partial charge in [-0.2, -0.15) is 18.3 Å². The Kier molecular flexibility index (Phi) is 6.02. The van der Waals surface area contributed by atoms with Gasteiger partial charge in [0.2, 0.25) is 5.91 Å². The number of carbonyl (C=O) groups is 1. The molecule has 0 fully saturated rings. The highest BCUT2D eigenvalue weighted by atomic mass is 19.4. The summed E-state index contributed by atoms with van der Waals surface area (Å²) in [5.41, 5.74) is 2.49. The summed E-state index contributed by atoms with van der Waals surface area (Å²) in [7, 11) is 0. The van der Waals surface area contributed by atoms with Gasteiger partial charge in [0.05, 0.1) is 17.8 Å². The Morgan fingerprint density at radius 2 is 1.67 bits per heavy atom. The summed E-state index contributed by atoms with van der Waals surface area (Å²) in [6, 6.07) is 9.43. The number of aromatic nitrogens is 2. The Balaban J connectivity index is 2.28. The molecule has 1 aromatic carbocycles. The van der Waals surface area contributed by atoms with Gasteiger partial charge in [0.25, 0.3) is 0 Å².